The molecule has 0 saturated carbocycles. The molecular formula is C11H11BrClNO3. The van der Waals surface area contributed by atoms with Gasteiger partial charge in [-0.15, -0.1) is 0 Å². The maximum atomic E-state index is 11.8. The first-order valence-corrected chi connectivity index (χ1v) is 5.92. The van der Waals surface area contributed by atoms with Crippen molar-refractivity contribution in [3.05, 3.63) is 27.7 Å². The van der Waals surface area contributed by atoms with Crippen molar-refractivity contribution in [2.75, 3.05) is 5.32 Å². The Bertz CT molecular complexity index is 474. The number of hydrogen-bond donors (Lipinski definition) is 2. The Labute approximate surface area is 112 Å². The van der Waals surface area contributed by atoms with Crippen molar-refractivity contribution in [1.29, 1.82) is 0 Å². The van der Waals surface area contributed by atoms with Crippen LogP contribution in [0.5, 0.6) is 0 Å². The first kappa shape index (κ1) is 14.0. The molecule has 0 atom stereocenters. The van der Waals surface area contributed by atoms with Crippen molar-refractivity contribution in [1.82, 2.24) is 0 Å². The molecule has 0 unspecified atom stereocenters. The van der Waals surface area contributed by atoms with E-state index in [0.717, 1.165) is 0 Å². The highest BCUT2D eigenvalue weighted by Crippen LogP contribution is 2.27. The van der Waals surface area contributed by atoms with Crippen LogP contribution in [0.4, 0.5) is 5.69 Å². The van der Waals surface area contributed by atoms with Crippen molar-refractivity contribution in [3.8, 4) is 0 Å². The fourth-order valence-corrected chi connectivity index (χ4v) is 1.75. The second-order valence-electron chi connectivity index (χ2n) is 4.01. The van der Waals surface area contributed by atoms with Gasteiger partial charge in [0.05, 0.1) is 5.69 Å². The quantitative estimate of drug-likeness (QED) is 0.841. The second kappa shape index (κ2) is 5.06. The van der Waals surface area contributed by atoms with Crippen molar-refractivity contribution in [3.63, 3.8) is 0 Å². The molecule has 0 bridgehead atoms. The van der Waals surface area contributed by atoms with Crippen LogP contribution >= 0.6 is 27.5 Å². The van der Waals surface area contributed by atoms with Gasteiger partial charge in [0.15, 0.2) is 0 Å². The summed E-state index contributed by atoms with van der Waals surface area (Å²) in [7, 11) is 0. The summed E-state index contributed by atoms with van der Waals surface area (Å²) in [5.74, 6) is -1.77. The van der Waals surface area contributed by atoms with Gasteiger partial charge in [0.2, 0.25) is 5.91 Å². The van der Waals surface area contributed by atoms with Gasteiger partial charge in [-0.2, -0.15) is 0 Å². The molecule has 0 saturated heterocycles. The number of aliphatic carboxylic acids is 1. The highest BCUT2D eigenvalue weighted by atomic mass is 79.9. The van der Waals surface area contributed by atoms with Crippen LogP contribution in [0.25, 0.3) is 0 Å². The van der Waals surface area contributed by atoms with Crippen LogP contribution < -0.4 is 5.32 Å². The van der Waals surface area contributed by atoms with Gasteiger partial charge in [-0.25, -0.2) is 0 Å². The monoisotopic (exact) mass is 319 g/mol. The lowest BCUT2D eigenvalue weighted by molar-refractivity contribution is -0.151. The van der Waals surface area contributed by atoms with Gasteiger partial charge in [-0.05, 0) is 48.0 Å². The molecular weight excluding hydrogens is 309 g/mol. The highest BCUT2D eigenvalue weighted by Gasteiger charge is 2.36. The van der Waals surface area contributed by atoms with Crippen LogP contribution in [0.1, 0.15) is 13.8 Å². The summed E-state index contributed by atoms with van der Waals surface area (Å²) in [6, 6.07) is 4.82. The van der Waals surface area contributed by atoms with Crippen molar-refractivity contribution in [2.24, 2.45) is 5.41 Å². The van der Waals surface area contributed by atoms with E-state index >= 15 is 0 Å². The van der Waals surface area contributed by atoms with Crippen LogP contribution in [-0.4, -0.2) is 17.0 Å². The zero-order valence-corrected chi connectivity index (χ0v) is 11.6. The largest absolute Gasteiger partial charge is 0.480 e. The third-order valence-corrected chi connectivity index (χ3v) is 3.17. The molecule has 0 radical (unpaired) electrons. The smallest absolute Gasteiger partial charge is 0.318 e. The fourth-order valence-electron chi connectivity index (χ4n) is 0.967. The summed E-state index contributed by atoms with van der Waals surface area (Å²) >= 11 is 8.99. The molecule has 1 amide bonds. The van der Waals surface area contributed by atoms with E-state index in [4.69, 9.17) is 16.7 Å². The summed E-state index contributed by atoms with van der Waals surface area (Å²) in [6.07, 6.45) is 0. The summed E-state index contributed by atoms with van der Waals surface area (Å²) in [6.45, 7) is 2.68. The number of halogens is 2. The number of carbonyl (C=O) groups is 2. The van der Waals surface area contributed by atoms with E-state index in [0.29, 0.717) is 15.2 Å². The van der Waals surface area contributed by atoms with Gasteiger partial charge >= 0.3 is 5.97 Å². The molecule has 6 heteroatoms. The van der Waals surface area contributed by atoms with Crippen LogP contribution in [0, 0.1) is 5.41 Å². The predicted molar refractivity (Wildman–Crippen MR) is 69.2 cm³/mol. The van der Waals surface area contributed by atoms with Gasteiger partial charge in [0.1, 0.15) is 5.41 Å². The molecule has 92 valence electrons. The molecule has 0 spiro atoms. The average molecular weight is 321 g/mol. The van der Waals surface area contributed by atoms with Crippen molar-refractivity contribution >= 4 is 45.1 Å². The van der Waals surface area contributed by atoms with E-state index in [-0.39, 0.29) is 0 Å². The number of anilines is 1. The Morgan fingerprint density at radius 3 is 2.47 bits per heavy atom. The highest BCUT2D eigenvalue weighted by molar-refractivity contribution is 9.10. The standard InChI is InChI=1S/C11H11BrClNO3/c1-11(2,10(16)17)9(15)14-8-4-3-6(13)5-7(8)12/h3-5H,1-2H3,(H,14,15)(H,16,17). The molecule has 1 aromatic rings. The normalized spacial score (nSPS) is 11.1. The minimum atomic E-state index is -1.49. The topological polar surface area (TPSA) is 66.4 Å². The summed E-state index contributed by atoms with van der Waals surface area (Å²) in [4.78, 5) is 22.7. The first-order chi connectivity index (χ1) is 7.75. The van der Waals surface area contributed by atoms with Crippen LogP contribution in [0.3, 0.4) is 0 Å². The van der Waals surface area contributed by atoms with Gasteiger partial charge < -0.3 is 10.4 Å². The van der Waals surface area contributed by atoms with Gasteiger partial charge in [-0.3, -0.25) is 9.59 Å². The van der Waals surface area contributed by atoms with E-state index in [1.165, 1.54) is 13.8 Å². The summed E-state index contributed by atoms with van der Waals surface area (Å²) in [5.41, 5.74) is -1.01. The Kier molecular flexibility index (Phi) is 4.16. The first-order valence-electron chi connectivity index (χ1n) is 4.75. The third kappa shape index (κ3) is 3.20. The maximum absolute atomic E-state index is 11.8. The number of benzene rings is 1. The number of carboxylic acid groups (broad SMARTS) is 1. The lowest BCUT2D eigenvalue weighted by atomic mass is 9.92. The van der Waals surface area contributed by atoms with Crippen molar-refractivity contribution < 1.29 is 14.7 Å². The minimum Gasteiger partial charge on any atom is -0.480 e. The number of rotatable bonds is 3. The molecule has 4 nitrogen and oxygen atoms in total. The number of carboxylic acids is 1. The molecule has 17 heavy (non-hydrogen) atoms. The van der Waals surface area contributed by atoms with Crippen LogP contribution in [0.2, 0.25) is 5.02 Å². The van der Waals surface area contributed by atoms with E-state index in [2.05, 4.69) is 21.2 Å². The molecule has 0 aromatic heterocycles. The molecule has 0 aliphatic carbocycles. The third-order valence-electron chi connectivity index (χ3n) is 2.28. The van der Waals surface area contributed by atoms with E-state index < -0.39 is 17.3 Å². The molecule has 0 aliphatic rings. The molecule has 0 heterocycles. The van der Waals surface area contributed by atoms with Gasteiger partial charge in [-0.1, -0.05) is 11.6 Å². The Morgan fingerprint density at radius 2 is 2.00 bits per heavy atom. The lowest BCUT2D eigenvalue weighted by Crippen LogP contribution is -2.37. The Morgan fingerprint density at radius 1 is 1.41 bits per heavy atom. The number of carbonyl (C=O) groups excluding carboxylic acids is 1. The summed E-state index contributed by atoms with van der Waals surface area (Å²) < 4.78 is 0.597. The van der Waals surface area contributed by atoms with Gasteiger partial charge in [0, 0.05) is 9.50 Å². The Hall–Kier alpha value is -1.07. The molecule has 0 fully saturated rings. The Balaban J connectivity index is 2.92. The van der Waals surface area contributed by atoms with Crippen LogP contribution in [0.15, 0.2) is 22.7 Å². The van der Waals surface area contributed by atoms with E-state index in [1.54, 1.807) is 18.2 Å². The molecule has 0 aliphatic heterocycles. The van der Waals surface area contributed by atoms with Crippen molar-refractivity contribution in [2.45, 2.75) is 13.8 Å². The van der Waals surface area contributed by atoms with Crippen LogP contribution in [-0.2, 0) is 9.59 Å². The number of nitrogens with one attached hydrogen (secondary N) is 1. The van der Waals surface area contributed by atoms with E-state index in [9.17, 15) is 9.59 Å². The lowest BCUT2D eigenvalue weighted by Gasteiger charge is -2.18. The molecule has 2 N–H and O–H groups in total. The zero-order valence-electron chi connectivity index (χ0n) is 9.25. The zero-order chi connectivity index (χ0) is 13.2. The second-order valence-corrected chi connectivity index (χ2v) is 5.30. The van der Waals surface area contributed by atoms with E-state index in [1.807, 2.05) is 0 Å². The molecule has 1 rings (SSSR count). The average Bonchev–Trinajstić information content (AvgIpc) is 2.21. The fraction of sp³-hybridized carbons (Fsp3) is 0.273. The minimum absolute atomic E-state index is 0.480. The predicted octanol–water partition coefficient (Wildman–Crippen LogP) is 3.15. The molecule has 1 aromatic carbocycles. The summed E-state index contributed by atoms with van der Waals surface area (Å²) in [5, 5.41) is 12.0. The SMILES string of the molecule is CC(C)(C(=O)O)C(=O)Nc1ccc(Cl)cc1Br. The number of hydrogen-bond acceptors (Lipinski definition) is 2. The van der Waals surface area contributed by atoms with Gasteiger partial charge in [0.25, 0.3) is 0 Å². The number of amides is 1. The maximum Gasteiger partial charge on any atom is 0.318 e.